The number of carbonyl (C=O) groups excluding carboxylic acids is 2. The maximum absolute atomic E-state index is 15.1. The number of rotatable bonds is 18. The van der Waals surface area contributed by atoms with Gasteiger partial charge in [-0.15, -0.1) is 0 Å². The van der Waals surface area contributed by atoms with E-state index < -0.39 is 11.7 Å². The van der Waals surface area contributed by atoms with E-state index >= 15 is 4.39 Å². The van der Waals surface area contributed by atoms with Gasteiger partial charge in [-0.25, -0.2) is 9.37 Å². The topological polar surface area (TPSA) is 139 Å². The molecule has 1 fully saturated rings. The van der Waals surface area contributed by atoms with E-state index in [2.05, 4.69) is 42.8 Å². The lowest BCUT2D eigenvalue weighted by molar-refractivity contribution is -0.121. The first kappa shape index (κ1) is 39.9. The minimum absolute atomic E-state index is 0.0550. The van der Waals surface area contributed by atoms with Crippen molar-refractivity contribution in [3.05, 3.63) is 88.9 Å². The minimum Gasteiger partial charge on any atom is -0.493 e. The number of anilines is 3. The molecule has 4 aromatic rings. The zero-order valence-corrected chi connectivity index (χ0v) is 31.7. The van der Waals surface area contributed by atoms with Crippen molar-refractivity contribution in [2.75, 3.05) is 84.4 Å². The summed E-state index contributed by atoms with van der Waals surface area (Å²) in [5.74, 6) is -0.263. The van der Waals surface area contributed by atoms with Gasteiger partial charge in [0, 0.05) is 76.4 Å². The van der Waals surface area contributed by atoms with Gasteiger partial charge in [0.25, 0.3) is 5.91 Å². The molecular formula is C40H50FN7O6. The second-order valence-corrected chi connectivity index (χ2v) is 13.2. The molecule has 0 unspecified atom stereocenters. The third-order valence-corrected chi connectivity index (χ3v) is 9.08. The smallest absolute Gasteiger partial charge is 0.262 e. The number of benzene rings is 3. The molecule has 0 spiro atoms. The highest BCUT2D eigenvalue weighted by Gasteiger charge is 2.21. The summed E-state index contributed by atoms with van der Waals surface area (Å²) in [7, 11) is 5.20. The Morgan fingerprint density at radius 1 is 0.926 bits per heavy atom. The molecule has 2 amide bonds. The number of ether oxygens (including phenoxy) is 4. The van der Waals surface area contributed by atoms with Gasteiger partial charge in [0.1, 0.15) is 5.56 Å². The average molecular weight is 744 g/mol. The number of carbonyl (C=O) groups is 2. The molecule has 1 saturated heterocycles. The van der Waals surface area contributed by atoms with Crippen LogP contribution in [0.4, 0.5) is 21.7 Å². The molecule has 0 radical (unpaired) electrons. The number of nitrogens with zero attached hydrogens (tertiary/aromatic N) is 4. The van der Waals surface area contributed by atoms with E-state index in [0.717, 1.165) is 55.8 Å². The van der Waals surface area contributed by atoms with E-state index in [1.807, 2.05) is 38.1 Å². The Morgan fingerprint density at radius 2 is 1.69 bits per heavy atom. The lowest BCUT2D eigenvalue weighted by Crippen LogP contribution is -2.44. The third kappa shape index (κ3) is 11.3. The first-order valence-corrected chi connectivity index (χ1v) is 18.1. The van der Waals surface area contributed by atoms with E-state index in [-0.39, 0.29) is 41.2 Å². The van der Waals surface area contributed by atoms with Crippen LogP contribution in [0.15, 0.2) is 60.8 Å². The molecule has 3 aromatic carbocycles. The summed E-state index contributed by atoms with van der Waals surface area (Å²) in [5.41, 5.74) is 3.74. The predicted molar refractivity (Wildman–Crippen MR) is 206 cm³/mol. The number of aromatic nitrogens is 2. The summed E-state index contributed by atoms with van der Waals surface area (Å²) in [6.45, 7) is 10.1. The van der Waals surface area contributed by atoms with Gasteiger partial charge in [-0.1, -0.05) is 24.3 Å². The van der Waals surface area contributed by atoms with Gasteiger partial charge in [-0.2, -0.15) is 4.98 Å². The molecule has 13 nitrogen and oxygen atoms in total. The van der Waals surface area contributed by atoms with Crippen LogP contribution in [-0.4, -0.2) is 105 Å². The van der Waals surface area contributed by atoms with E-state index in [1.54, 1.807) is 31.4 Å². The van der Waals surface area contributed by atoms with Crippen LogP contribution in [0.1, 0.15) is 39.9 Å². The zero-order chi connectivity index (χ0) is 38.5. The molecule has 1 aliphatic heterocycles. The van der Waals surface area contributed by atoms with Crippen molar-refractivity contribution in [1.29, 1.82) is 0 Å². The van der Waals surface area contributed by atoms with Crippen LogP contribution in [0, 0.1) is 19.7 Å². The van der Waals surface area contributed by atoms with Gasteiger partial charge in [0.2, 0.25) is 17.7 Å². The summed E-state index contributed by atoms with van der Waals surface area (Å²) in [5, 5.41) is 8.79. The minimum atomic E-state index is -0.530. The second-order valence-electron chi connectivity index (χ2n) is 13.2. The second kappa shape index (κ2) is 19.7. The number of halogens is 1. The average Bonchev–Trinajstić information content (AvgIpc) is 3.16. The van der Waals surface area contributed by atoms with Gasteiger partial charge < -0.3 is 44.7 Å². The van der Waals surface area contributed by atoms with Crippen LogP contribution in [0.3, 0.4) is 0 Å². The van der Waals surface area contributed by atoms with Crippen molar-refractivity contribution in [3.63, 3.8) is 0 Å². The van der Waals surface area contributed by atoms with E-state index in [4.69, 9.17) is 18.9 Å². The number of amides is 2. The summed E-state index contributed by atoms with van der Waals surface area (Å²) >= 11 is 0. The standard InChI is InChI=1S/C40H50FN7O6/c1-27-8-6-9-28(2)37(27)45-38(50)31-26-43-40(44-30-12-14-33(32(41)25-30)53-22-7-17-48-20-18-47(3)19-21-48)46-39(31)54-34-13-10-29(24-35(34)52-5)11-15-36(49)42-16-23-51-4/h6,8-10,12-14,24-26H,7,11,15-23H2,1-5H3,(H,42,49)(H,45,50)(H,43,44,46). The molecule has 54 heavy (non-hydrogen) atoms. The highest BCUT2D eigenvalue weighted by atomic mass is 19.1. The van der Waals surface area contributed by atoms with Gasteiger partial charge in [0.05, 0.1) is 20.3 Å². The largest absolute Gasteiger partial charge is 0.493 e. The Morgan fingerprint density at radius 3 is 2.41 bits per heavy atom. The zero-order valence-electron chi connectivity index (χ0n) is 31.7. The number of para-hydroxylation sites is 1. The number of nitrogens with one attached hydrogen (secondary N) is 3. The Bertz CT molecular complexity index is 1870. The van der Waals surface area contributed by atoms with Crippen molar-refractivity contribution in [2.24, 2.45) is 0 Å². The monoisotopic (exact) mass is 743 g/mol. The Hall–Kier alpha value is -5.31. The van der Waals surface area contributed by atoms with Gasteiger partial charge in [-0.3, -0.25) is 9.59 Å². The van der Waals surface area contributed by atoms with Crippen LogP contribution in [0.2, 0.25) is 0 Å². The number of hydrogen-bond donors (Lipinski definition) is 3. The third-order valence-electron chi connectivity index (χ3n) is 9.08. The fourth-order valence-corrected chi connectivity index (χ4v) is 5.91. The number of piperazine rings is 1. The highest BCUT2D eigenvalue weighted by Crippen LogP contribution is 2.35. The molecule has 0 aliphatic carbocycles. The van der Waals surface area contributed by atoms with Crippen molar-refractivity contribution < 1.29 is 32.9 Å². The van der Waals surface area contributed by atoms with Crippen molar-refractivity contribution in [1.82, 2.24) is 25.1 Å². The molecule has 3 N–H and O–H groups in total. The van der Waals surface area contributed by atoms with Crippen LogP contribution >= 0.6 is 0 Å². The van der Waals surface area contributed by atoms with Crippen LogP contribution in [-0.2, 0) is 16.0 Å². The predicted octanol–water partition coefficient (Wildman–Crippen LogP) is 5.74. The molecule has 5 rings (SSSR count). The molecule has 0 atom stereocenters. The molecule has 1 aromatic heterocycles. The first-order valence-electron chi connectivity index (χ1n) is 18.1. The maximum atomic E-state index is 15.1. The summed E-state index contributed by atoms with van der Waals surface area (Å²) < 4.78 is 37.8. The number of hydrogen-bond acceptors (Lipinski definition) is 11. The van der Waals surface area contributed by atoms with Crippen molar-refractivity contribution in [2.45, 2.75) is 33.1 Å². The quantitative estimate of drug-likeness (QED) is 0.108. The number of likely N-dealkylation sites (N-methyl/N-ethyl adjacent to an activating group) is 1. The van der Waals surface area contributed by atoms with Gasteiger partial charge in [0.15, 0.2) is 23.1 Å². The normalized spacial score (nSPS) is 13.3. The molecule has 14 heteroatoms. The van der Waals surface area contributed by atoms with E-state index in [1.165, 1.54) is 19.4 Å². The number of methoxy groups -OCH3 is 2. The summed E-state index contributed by atoms with van der Waals surface area (Å²) in [6, 6.07) is 15.5. The number of aryl methyl sites for hydroxylation is 3. The first-order chi connectivity index (χ1) is 26.1. The fourth-order valence-electron chi connectivity index (χ4n) is 5.91. The van der Waals surface area contributed by atoms with E-state index in [0.29, 0.717) is 43.3 Å². The van der Waals surface area contributed by atoms with Crippen LogP contribution in [0.5, 0.6) is 23.1 Å². The maximum Gasteiger partial charge on any atom is 0.262 e. The molecular weight excluding hydrogens is 693 g/mol. The van der Waals surface area contributed by atoms with Crippen LogP contribution in [0.25, 0.3) is 0 Å². The van der Waals surface area contributed by atoms with Crippen LogP contribution < -0.4 is 30.2 Å². The molecule has 0 saturated carbocycles. The van der Waals surface area contributed by atoms with Gasteiger partial charge >= 0.3 is 0 Å². The SMILES string of the molecule is COCCNC(=O)CCc1ccc(Oc2nc(Nc3ccc(OCCCN4CCN(C)CC4)c(F)c3)ncc2C(=O)Nc2c(C)cccc2C)c(OC)c1. The van der Waals surface area contributed by atoms with Gasteiger partial charge in [-0.05, 0) is 74.7 Å². The highest BCUT2D eigenvalue weighted by molar-refractivity contribution is 6.06. The Balaban J connectivity index is 1.31. The molecule has 2 heterocycles. The Labute approximate surface area is 316 Å². The van der Waals surface area contributed by atoms with Crippen molar-refractivity contribution >= 4 is 29.1 Å². The van der Waals surface area contributed by atoms with E-state index in [9.17, 15) is 9.59 Å². The summed E-state index contributed by atoms with van der Waals surface area (Å²) in [6.07, 6.45) is 2.90. The van der Waals surface area contributed by atoms with Crippen molar-refractivity contribution in [3.8, 4) is 23.1 Å². The lowest BCUT2D eigenvalue weighted by atomic mass is 10.1. The lowest BCUT2D eigenvalue weighted by Gasteiger charge is -2.32. The molecule has 0 bridgehead atoms. The molecule has 1 aliphatic rings. The molecule has 288 valence electrons. The fraction of sp³-hybridized carbons (Fsp3) is 0.400. The Kier molecular flexibility index (Phi) is 14.5. The summed E-state index contributed by atoms with van der Waals surface area (Å²) in [4.78, 5) is 39.5.